The minimum absolute atomic E-state index is 0.231. The van der Waals surface area contributed by atoms with Crippen molar-refractivity contribution >= 4 is 5.84 Å². The van der Waals surface area contributed by atoms with Gasteiger partial charge in [-0.05, 0) is 26.1 Å². The molecule has 3 heteroatoms. The highest BCUT2D eigenvalue weighted by molar-refractivity contribution is 6.00. The molecule has 0 saturated heterocycles. The zero-order chi connectivity index (χ0) is 9.90. The second kappa shape index (κ2) is 3.47. The SMILES string of the molecule is CC1(C)C=CC=C(/C=C\N)C(N)=N1. The molecule has 0 saturated carbocycles. The van der Waals surface area contributed by atoms with Crippen LogP contribution >= 0.6 is 0 Å². The molecule has 13 heavy (non-hydrogen) atoms. The lowest BCUT2D eigenvalue weighted by Crippen LogP contribution is -2.21. The van der Waals surface area contributed by atoms with Gasteiger partial charge in [0.25, 0.3) is 0 Å². The van der Waals surface area contributed by atoms with Gasteiger partial charge in [0.05, 0.1) is 5.54 Å². The first kappa shape index (κ1) is 9.58. The highest BCUT2D eigenvalue weighted by atomic mass is 14.9. The zero-order valence-corrected chi connectivity index (χ0v) is 7.99. The Bertz CT molecular complexity index is 306. The Labute approximate surface area is 78.5 Å². The molecule has 0 radical (unpaired) electrons. The van der Waals surface area contributed by atoms with Gasteiger partial charge in [-0.3, -0.25) is 4.99 Å². The first-order chi connectivity index (χ1) is 6.05. The Hall–Kier alpha value is -1.51. The molecule has 0 aromatic rings. The third-order valence-electron chi connectivity index (χ3n) is 1.76. The van der Waals surface area contributed by atoms with E-state index in [2.05, 4.69) is 4.99 Å². The van der Waals surface area contributed by atoms with Gasteiger partial charge >= 0.3 is 0 Å². The fourth-order valence-corrected chi connectivity index (χ4v) is 1.13. The first-order valence-corrected chi connectivity index (χ1v) is 4.19. The fourth-order valence-electron chi connectivity index (χ4n) is 1.13. The molecule has 1 aliphatic rings. The summed E-state index contributed by atoms with van der Waals surface area (Å²) in [5, 5.41) is 0. The van der Waals surface area contributed by atoms with Crippen LogP contribution in [0, 0.1) is 0 Å². The van der Waals surface area contributed by atoms with Crippen LogP contribution in [-0.2, 0) is 0 Å². The third-order valence-corrected chi connectivity index (χ3v) is 1.76. The lowest BCUT2D eigenvalue weighted by molar-refractivity contribution is 0.658. The zero-order valence-electron chi connectivity index (χ0n) is 7.99. The molecule has 4 N–H and O–H groups in total. The number of rotatable bonds is 1. The van der Waals surface area contributed by atoms with E-state index < -0.39 is 0 Å². The summed E-state index contributed by atoms with van der Waals surface area (Å²) >= 11 is 0. The molecule has 0 spiro atoms. The Balaban J connectivity index is 3.04. The predicted octanol–water partition coefficient (Wildman–Crippen LogP) is 1.09. The van der Waals surface area contributed by atoms with Crippen molar-refractivity contribution in [2.75, 3.05) is 0 Å². The van der Waals surface area contributed by atoms with E-state index in [-0.39, 0.29) is 5.54 Å². The third kappa shape index (κ3) is 2.47. The summed E-state index contributed by atoms with van der Waals surface area (Å²) in [5.41, 5.74) is 11.7. The molecule has 0 atom stereocenters. The van der Waals surface area contributed by atoms with Gasteiger partial charge in [-0.1, -0.05) is 18.2 Å². The summed E-state index contributed by atoms with van der Waals surface area (Å²) in [5.74, 6) is 0.525. The average molecular weight is 177 g/mol. The summed E-state index contributed by atoms with van der Waals surface area (Å²) in [6.07, 6.45) is 9.04. The second-order valence-corrected chi connectivity index (χ2v) is 3.49. The van der Waals surface area contributed by atoms with Gasteiger partial charge in [0.15, 0.2) is 0 Å². The van der Waals surface area contributed by atoms with Crippen LogP contribution in [0.25, 0.3) is 0 Å². The Morgan fingerprint density at radius 2 is 2.15 bits per heavy atom. The summed E-state index contributed by atoms with van der Waals surface area (Å²) < 4.78 is 0. The van der Waals surface area contributed by atoms with E-state index in [1.54, 1.807) is 6.08 Å². The monoisotopic (exact) mass is 177 g/mol. The van der Waals surface area contributed by atoms with Gasteiger partial charge < -0.3 is 11.5 Å². The molecule has 0 bridgehead atoms. The molecule has 0 fully saturated rings. The van der Waals surface area contributed by atoms with Crippen LogP contribution < -0.4 is 11.5 Å². The van der Waals surface area contributed by atoms with Gasteiger partial charge in [-0.2, -0.15) is 0 Å². The molecule has 0 aromatic heterocycles. The van der Waals surface area contributed by atoms with Crippen molar-refractivity contribution in [1.29, 1.82) is 0 Å². The second-order valence-electron chi connectivity index (χ2n) is 3.49. The van der Waals surface area contributed by atoms with Gasteiger partial charge in [0.1, 0.15) is 5.84 Å². The topological polar surface area (TPSA) is 64.4 Å². The Morgan fingerprint density at radius 1 is 1.46 bits per heavy atom. The summed E-state index contributed by atoms with van der Waals surface area (Å²) in [4.78, 5) is 4.34. The highest BCUT2D eigenvalue weighted by Crippen LogP contribution is 2.15. The van der Waals surface area contributed by atoms with E-state index in [4.69, 9.17) is 11.5 Å². The molecule has 70 valence electrons. The number of aliphatic imine (C=N–C) groups is 1. The summed E-state index contributed by atoms with van der Waals surface area (Å²) in [6.45, 7) is 4.00. The molecular formula is C10H15N3. The van der Waals surface area contributed by atoms with Crippen LogP contribution in [0.4, 0.5) is 0 Å². The van der Waals surface area contributed by atoms with E-state index in [0.29, 0.717) is 5.84 Å². The smallest absolute Gasteiger partial charge is 0.126 e. The minimum Gasteiger partial charge on any atom is -0.405 e. The summed E-state index contributed by atoms with van der Waals surface area (Å²) in [7, 11) is 0. The normalized spacial score (nSPS) is 21.1. The van der Waals surface area contributed by atoms with Crippen molar-refractivity contribution in [2.45, 2.75) is 19.4 Å². The quantitative estimate of drug-likeness (QED) is 0.629. The van der Waals surface area contributed by atoms with E-state index in [9.17, 15) is 0 Å². The predicted molar refractivity (Wildman–Crippen MR) is 56.3 cm³/mol. The molecule has 0 aliphatic carbocycles. The van der Waals surface area contributed by atoms with Crippen molar-refractivity contribution < 1.29 is 0 Å². The van der Waals surface area contributed by atoms with Crippen LogP contribution in [0.2, 0.25) is 0 Å². The number of nitrogens with zero attached hydrogens (tertiary/aromatic N) is 1. The average Bonchev–Trinajstić information content (AvgIpc) is 2.11. The van der Waals surface area contributed by atoms with Crippen molar-refractivity contribution in [1.82, 2.24) is 0 Å². The maximum atomic E-state index is 5.78. The molecule has 1 rings (SSSR count). The summed E-state index contributed by atoms with van der Waals surface area (Å²) in [6, 6.07) is 0. The van der Waals surface area contributed by atoms with Gasteiger partial charge in [-0.25, -0.2) is 0 Å². The standard InChI is InChI=1S/C10H15N3/c1-10(2)6-3-4-8(5-7-11)9(12)13-10/h3-7H,11H2,1-2H3,(H2,12,13)/b7-5-. The van der Waals surface area contributed by atoms with E-state index in [1.807, 2.05) is 32.1 Å². The molecule has 1 heterocycles. The molecule has 3 nitrogen and oxygen atoms in total. The number of hydrogen-bond donors (Lipinski definition) is 2. The highest BCUT2D eigenvalue weighted by Gasteiger charge is 2.14. The van der Waals surface area contributed by atoms with Crippen molar-refractivity contribution in [3.8, 4) is 0 Å². The molecule has 0 aromatic carbocycles. The first-order valence-electron chi connectivity index (χ1n) is 4.19. The number of nitrogens with two attached hydrogens (primary N) is 2. The molecular weight excluding hydrogens is 162 g/mol. The number of hydrogen-bond acceptors (Lipinski definition) is 3. The lowest BCUT2D eigenvalue weighted by Gasteiger charge is -2.13. The minimum atomic E-state index is -0.231. The van der Waals surface area contributed by atoms with Gasteiger partial charge in [-0.15, -0.1) is 0 Å². The molecule has 0 amide bonds. The van der Waals surface area contributed by atoms with Crippen molar-refractivity contribution in [2.24, 2.45) is 16.5 Å². The number of amidine groups is 1. The van der Waals surface area contributed by atoms with Crippen LogP contribution in [-0.4, -0.2) is 11.4 Å². The molecule has 0 unspecified atom stereocenters. The van der Waals surface area contributed by atoms with E-state index in [1.165, 1.54) is 6.20 Å². The van der Waals surface area contributed by atoms with Gasteiger partial charge in [0, 0.05) is 5.57 Å². The van der Waals surface area contributed by atoms with Gasteiger partial charge in [0.2, 0.25) is 0 Å². The maximum absolute atomic E-state index is 5.78. The number of allylic oxidation sites excluding steroid dienone is 2. The van der Waals surface area contributed by atoms with Crippen LogP contribution in [0.3, 0.4) is 0 Å². The molecule has 1 aliphatic heterocycles. The largest absolute Gasteiger partial charge is 0.405 e. The van der Waals surface area contributed by atoms with E-state index >= 15 is 0 Å². The van der Waals surface area contributed by atoms with Crippen LogP contribution in [0.15, 0.2) is 41.1 Å². The van der Waals surface area contributed by atoms with Crippen molar-refractivity contribution in [3.05, 3.63) is 36.1 Å². The van der Waals surface area contributed by atoms with E-state index in [0.717, 1.165) is 5.57 Å². The Morgan fingerprint density at radius 3 is 2.77 bits per heavy atom. The fraction of sp³-hybridized carbons (Fsp3) is 0.300. The Kier molecular flexibility index (Phi) is 2.56. The van der Waals surface area contributed by atoms with Crippen molar-refractivity contribution in [3.63, 3.8) is 0 Å². The van der Waals surface area contributed by atoms with Crippen LogP contribution in [0.1, 0.15) is 13.8 Å². The lowest BCUT2D eigenvalue weighted by atomic mass is 10.1. The van der Waals surface area contributed by atoms with Crippen LogP contribution in [0.5, 0.6) is 0 Å². The maximum Gasteiger partial charge on any atom is 0.126 e.